The Morgan fingerprint density at radius 1 is 0.973 bits per heavy atom. The second-order valence-corrected chi connectivity index (χ2v) is 9.73. The number of aliphatic hydroxyl groups is 3. The Bertz CT molecular complexity index is 1010. The third-order valence-electron chi connectivity index (χ3n) is 6.92. The highest BCUT2D eigenvalue weighted by Crippen LogP contribution is 2.32. The summed E-state index contributed by atoms with van der Waals surface area (Å²) in [4.78, 5) is 11.2. The molecule has 2 aromatic carbocycles. The first-order valence-electron chi connectivity index (χ1n) is 12.8. The third kappa shape index (κ3) is 7.21. The fourth-order valence-corrected chi connectivity index (χ4v) is 4.77. The summed E-state index contributed by atoms with van der Waals surface area (Å²) in [6, 6.07) is 15.1. The van der Waals surface area contributed by atoms with Crippen LogP contribution in [0.15, 0.2) is 48.5 Å². The number of benzene rings is 2. The predicted molar refractivity (Wildman–Crippen MR) is 133 cm³/mol. The Morgan fingerprint density at radius 2 is 1.70 bits per heavy atom. The lowest BCUT2D eigenvalue weighted by atomic mass is 9.94. The average Bonchev–Trinajstić information content (AvgIpc) is 2.90. The van der Waals surface area contributed by atoms with Crippen molar-refractivity contribution in [3.05, 3.63) is 59.7 Å². The van der Waals surface area contributed by atoms with Crippen LogP contribution in [0.4, 0.5) is 0 Å². The summed E-state index contributed by atoms with van der Waals surface area (Å²) >= 11 is 0. The van der Waals surface area contributed by atoms with Gasteiger partial charge in [-0.3, -0.25) is 4.79 Å². The highest BCUT2D eigenvalue weighted by molar-refractivity contribution is 5.67. The molecule has 1 aliphatic carbocycles. The van der Waals surface area contributed by atoms with Crippen LogP contribution in [0.3, 0.4) is 0 Å². The lowest BCUT2D eigenvalue weighted by molar-refractivity contribution is -0.311. The predicted octanol–water partition coefficient (Wildman–Crippen LogP) is 2.82. The smallest absolute Gasteiger partial charge is 0.303 e. The molecule has 2 aromatic rings. The third-order valence-corrected chi connectivity index (χ3v) is 6.92. The highest BCUT2D eigenvalue weighted by atomic mass is 16.7. The highest BCUT2D eigenvalue weighted by Gasteiger charge is 2.44. The zero-order chi connectivity index (χ0) is 26.4. The van der Waals surface area contributed by atoms with Crippen molar-refractivity contribution in [2.24, 2.45) is 0 Å². The van der Waals surface area contributed by atoms with Gasteiger partial charge in [0.15, 0.2) is 6.29 Å². The van der Waals surface area contributed by atoms with Gasteiger partial charge in [-0.1, -0.05) is 36.8 Å². The molecule has 4 rings (SSSR count). The van der Waals surface area contributed by atoms with Crippen LogP contribution in [-0.2, 0) is 27.3 Å². The lowest BCUT2D eigenvalue weighted by Crippen LogP contribution is -2.58. The molecular weight excluding hydrogens is 480 g/mol. The van der Waals surface area contributed by atoms with Gasteiger partial charge in [0.1, 0.15) is 42.5 Å². The van der Waals surface area contributed by atoms with Crippen molar-refractivity contribution in [3.63, 3.8) is 0 Å². The van der Waals surface area contributed by atoms with Crippen LogP contribution < -0.4 is 9.47 Å². The molecule has 1 aliphatic heterocycles. The van der Waals surface area contributed by atoms with E-state index in [1.54, 1.807) is 19.1 Å². The molecule has 0 radical (unpaired) electrons. The maximum Gasteiger partial charge on any atom is 0.303 e. The minimum Gasteiger partial charge on any atom is -0.489 e. The molecule has 0 spiro atoms. The molecule has 4 N–H and O–H groups in total. The van der Waals surface area contributed by atoms with Crippen LogP contribution in [0.1, 0.15) is 50.2 Å². The molecule has 37 heavy (non-hydrogen) atoms. The summed E-state index contributed by atoms with van der Waals surface area (Å²) in [6.45, 7) is 1.98. The summed E-state index contributed by atoms with van der Waals surface area (Å²) in [7, 11) is 0. The first-order chi connectivity index (χ1) is 17.8. The largest absolute Gasteiger partial charge is 0.489 e. The van der Waals surface area contributed by atoms with Crippen LogP contribution in [-0.4, -0.2) is 69.3 Å². The number of hydrogen-bond acceptors (Lipinski definition) is 8. The molecule has 0 aromatic heterocycles. The van der Waals surface area contributed by atoms with Crippen molar-refractivity contribution in [1.82, 2.24) is 0 Å². The lowest BCUT2D eigenvalue weighted by Gasteiger charge is -2.42. The topological polar surface area (TPSA) is 135 Å². The van der Waals surface area contributed by atoms with Crippen LogP contribution >= 0.6 is 0 Å². The molecule has 2 aliphatic rings. The number of ether oxygens (including phenoxy) is 4. The van der Waals surface area contributed by atoms with Gasteiger partial charge in [0.05, 0.1) is 12.2 Å². The fourth-order valence-electron chi connectivity index (χ4n) is 4.77. The molecule has 9 heteroatoms. The van der Waals surface area contributed by atoms with Crippen molar-refractivity contribution < 1.29 is 44.2 Å². The van der Waals surface area contributed by atoms with E-state index in [9.17, 15) is 25.2 Å². The van der Waals surface area contributed by atoms with Crippen LogP contribution in [0, 0.1) is 0 Å². The number of aryl methyl sites for hydroxylation is 1. The molecule has 0 amide bonds. The van der Waals surface area contributed by atoms with Crippen molar-refractivity contribution in [2.75, 3.05) is 0 Å². The van der Waals surface area contributed by atoms with Gasteiger partial charge in [-0.15, -0.1) is 0 Å². The van der Waals surface area contributed by atoms with Gasteiger partial charge in [-0.2, -0.15) is 0 Å². The van der Waals surface area contributed by atoms with Crippen molar-refractivity contribution in [3.8, 4) is 11.5 Å². The minimum absolute atomic E-state index is 0.0381. The normalized spacial score (nSPS) is 30.0. The van der Waals surface area contributed by atoms with E-state index >= 15 is 0 Å². The zero-order valence-electron chi connectivity index (χ0n) is 20.9. The average molecular weight is 517 g/mol. The molecule has 1 saturated heterocycles. The van der Waals surface area contributed by atoms with E-state index < -0.39 is 36.7 Å². The van der Waals surface area contributed by atoms with Gasteiger partial charge < -0.3 is 39.4 Å². The van der Waals surface area contributed by atoms with Crippen LogP contribution in [0.2, 0.25) is 0 Å². The number of carbonyl (C=O) groups is 1. The Kier molecular flexibility index (Phi) is 9.39. The number of rotatable bonds is 10. The number of carboxylic acid groups (broad SMARTS) is 1. The minimum atomic E-state index is -1.38. The van der Waals surface area contributed by atoms with E-state index in [-0.39, 0.29) is 18.6 Å². The second kappa shape index (κ2) is 12.7. The number of aliphatic hydroxyl groups excluding tert-OH is 3. The van der Waals surface area contributed by atoms with Crippen LogP contribution in [0.25, 0.3) is 0 Å². The van der Waals surface area contributed by atoms with E-state index in [0.717, 1.165) is 30.4 Å². The summed E-state index contributed by atoms with van der Waals surface area (Å²) in [6.07, 6.45) is -2.88. The molecule has 1 saturated carbocycles. The van der Waals surface area contributed by atoms with Gasteiger partial charge in [0, 0.05) is 6.42 Å². The van der Waals surface area contributed by atoms with Crippen molar-refractivity contribution in [1.29, 1.82) is 0 Å². The standard InChI is InChI=1S/C28H36O9/c1-17-25(31)26(32)27(33)28(35-17)37-23-10-6-5-9-22(23)36-20-12-13-21(19(15-20)11-14-24(29)30)34-16-18-7-3-2-4-8-18/h2-4,7-8,12-13,15,17,22-23,25-28,31-33H,5-6,9-11,14,16H2,1H3,(H,29,30)/t17-,22+,23+,25+,26+,27-,28-/m0/s1. The summed E-state index contributed by atoms with van der Waals surface area (Å²) in [5.74, 6) is 0.282. The Hall–Kier alpha value is -2.69. The molecule has 0 unspecified atom stereocenters. The molecular formula is C28H36O9. The molecule has 7 atom stereocenters. The maximum atomic E-state index is 11.2. The Morgan fingerprint density at radius 3 is 2.43 bits per heavy atom. The quantitative estimate of drug-likeness (QED) is 0.376. The van der Waals surface area contributed by atoms with E-state index in [1.165, 1.54) is 0 Å². The summed E-state index contributed by atoms with van der Waals surface area (Å²) in [5, 5.41) is 39.7. The van der Waals surface area contributed by atoms with Crippen molar-refractivity contribution in [2.45, 2.75) is 95.0 Å². The zero-order valence-corrected chi connectivity index (χ0v) is 20.9. The van der Waals surface area contributed by atoms with E-state index in [2.05, 4.69) is 0 Å². The fraction of sp³-hybridized carbons (Fsp3) is 0.536. The van der Waals surface area contributed by atoms with Gasteiger partial charge in [-0.25, -0.2) is 0 Å². The van der Waals surface area contributed by atoms with Crippen molar-refractivity contribution >= 4 is 5.97 Å². The molecule has 202 valence electrons. The monoisotopic (exact) mass is 516 g/mol. The van der Waals surface area contributed by atoms with Gasteiger partial charge >= 0.3 is 5.97 Å². The molecule has 1 heterocycles. The summed E-state index contributed by atoms with van der Waals surface area (Å²) < 4.78 is 24.0. The summed E-state index contributed by atoms with van der Waals surface area (Å²) in [5.41, 5.74) is 1.74. The van der Waals surface area contributed by atoms with Gasteiger partial charge in [0.2, 0.25) is 0 Å². The second-order valence-electron chi connectivity index (χ2n) is 9.73. The Balaban J connectivity index is 1.45. The maximum absolute atomic E-state index is 11.2. The number of hydrogen-bond donors (Lipinski definition) is 4. The number of aliphatic carboxylic acids is 1. The van der Waals surface area contributed by atoms with E-state index in [4.69, 9.17) is 18.9 Å². The Labute approximate surface area is 216 Å². The van der Waals surface area contributed by atoms with Gasteiger partial charge in [0.25, 0.3) is 0 Å². The first kappa shape index (κ1) is 27.3. The molecule has 9 nitrogen and oxygen atoms in total. The van der Waals surface area contributed by atoms with E-state index in [1.807, 2.05) is 36.4 Å². The van der Waals surface area contributed by atoms with Gasteiger partial charge in [-0.05, 0) is 61.9 Å². The first-order valence-corrected chi connectivity index (χ1v) is 12.8. The number of carboxylic acids is 1. The molecule has 2 fully saturated rings. The molecule has 0 bridgehead atoms. The van der Waals surface area contributed by atoms with E-state index in [0.29, 0.717) is 30.9 Å². The SMILES string of the molecule is C[C@@H]1O[C@@H](O[C@@H]2CCCC[C@H]2Oc2ccc(OCc3ccccc3)c(CCC(=O)O)c2)[C@@H](O)[C@H](O)[C@@H]1O. The van der Waals surface area contributed by atoms with Crippen LogP contribution in [0.5, 0.6) is 11.5 Å².